The van der Waals surface area contributed by atoms with Crippen LogP contribution in [0.1, 0.15) is 66.1 Å². The molecule has 0 fully saturated rings. The van der Waals surface area contributed by atoms with Gasteiger partial charge in [-0.3, -0.25) is 0 Å². The molecule has 0 heterocycles. The Morgan fingerprint density at radius 2 is 1.72 bits per heavy atom. The number of nitrogens with two attached hydrogens (primary N) is 1. The van der Waals surface area contributed by atoms with Crippen LogP contribution in [0, 0.1) is 0 Å². The molecular weight excluding hydrogens is 392 g/mol. The number of hydrogen-bond donors (Lipinski definition) is 2. The van der Waals surface area contributed by atoms with Gasteiger partial charge in [-0.1, -0.05) is 44.8 Å². The van der Waals surface area contributed by atoms with Gasteiger partial charge in [-0.15, -0.1) is 0 Å². The SMILES string of the molecule is [2H]C([2H])(C)C([2H])([2H])C([2H])([2H])N(c1cc(C(=O)O)cc(S(N)(=O)=O)c1Oc1ccccc1)C([2H])([2H])C([2H])([2H])C([2H])([2H])C. The summed E-state index contributed by atoms with van der Waals surface area (Å²) in [6, 6.07) is 7.87. The predicted octanol–water partition coefficient (Wildman–Crippen LogP) is 4.23. The van der Waals surface area contributed by atoms with E-state index in [-0.39, 0.29) is 10.6 Å². The van der Waals surface area contributed by atoms with Crippen LogP contribution in [0.2, 0.25) is 0 Å². The summed E-state index contributed by atoms with van der Waals surface area (Å²) >= 11 is 0. The number of para-hydroxylation sites is 1. The molecule has 2 rings (SSSR count). The molecule has 3 N–H and O–H groups in total. The summed E-state index contributed by atoms with van der Waals surface area (Å²) in [6.45, 7) is -6.79. The van der Waals surface area contributed by atoms with Crippen molar-refractivity contribution in [2.75, 3.05) is 17.9 Å². The zero-order valence-corrected chi connectivity index (χ0v) is 16.4. The number of nitrogens with zero attached hydrogens (tertiary/aromatic N) is 1. The predicted molar refractivity (Wildman–Crippen MR) is 113 cm³/mol. The molecule has 8 heteroatoms. The minimum Gasteiger partial charge on any atom is -0.478 e. The molecule has 158 valence electrons. The van der Waals surface area contributed by atoms with E-state index in [9.17, 15) is 18.3 Å². The van der Waals surface area contributed by atoms with Crippen molar-refractivity contribution in [3.63, 3.8) is 0 Å². The second-order valence-electron chi connectivity index (χ2n) is 5.40. The lowest BCUT2D eigenvalue weighted by Crippen LogP contribution is -2.27. The monoisotopic (exact) mass is 432 g/mol. The van der Waals surface area contributed by atoms with Crippen LogP contribution in [-0.2, 0) is 10.0 Å². The Balaban J connectivity index is 3.28. The Morgan fingerprint density at radius 1 is 1.14 bits per heavy atom. The summed E-state index contributed by atoms with van der Waals surface area (Å²) in [5.41, 5.74) is -2.17. The van der Waals surface area contributed by atoms with E-state index in [1.807, 2.05) is 0 Å². The molecular formula is C21H28N2O5S. The first kappa shape index (κ1) is 11.0. The van der Waals surface area contributed by atoms with E-state index >= 15 is 0 Å². The molecule has 0 unspecified atom stereocenters. The van der Waals surface area contributed by atoms with Gasteiger partial charge in [0.25, 0.3) is 0 Å². The van der Waals surface area contributed by atoms with Gasteiger partial charge in [-0.2, -0.15) is 0 Å². The zero-order valence-electron chi connectivity index (χ0n) is 27.6. The number of aromatic carboxylic acids is 1. The molecule has 0 amide bonds. The third-order valence-corrected chi connectivity index (χ3v) is 4.29. The summed E-state index contributed by atoms with van der Waals surface area (Å²) in [6.07, 6.45) is -13.8. The van der Waals surface area contributed by atoms with Crippen LogP contribution in [-0.4, -0.2) is 32.5 Å². The quantitative estimate of drug-likeness (QED) is 0.550. The lowest BCUT2D eigenvalue weighted by atomic mass is 10.1. The van der Waals surface area contributed by atoms with Gasteiger partial charge in [0.2, 0.25) is 10.0 Å². The normalized spacial score (nSPS) is 20.4. The van der Waals surface area contributed by atoms with Crippen molar-refractivity contribution in [1.82, 2.24) is 0 Å². The van der Waals surface area contributed by atoms with Crippen LogP contribution in [0.4, 0.5) is 5.69 Å². The number of anilines is 1. The minimum atomic E-state index is -4.98. The Bertz CT molecular complexity index is 1370. The largest absolute Gasteiger partial charge is 0.478 e. The number of hydrogen-bond acceptors (Lipinski definition) is 5. The number of ether oxygens (including phenoxy) is 1. The maximum atomic E-state index is 12.6. The molecule has 0 saturated carbocycles. The molecule has 0 aliphatic heterocycles. The van der Waals surface area contributed by atoms with Crippen molar-refractivity contribution < 1.29 is 39.5 Å². The van der Waals surface area contributed by atoms with Gasteiger partial charge in [0.15, 0.2) is 5.75 Å². The van der Waals surface area contributed by atoms with Crippen LogP contribution in [0.15, 0.2) is 47.4 Å². The first-order valence-electron chi connectivity index (χ1n) is 14.1. The van der Waals surface area contributed by atoms with Crippen molar-refractivity contribution in [3.8, 4) is 11.5 Å². The highest BCUT2D eigenvalue weighted by molar-refractivity contribution is 7.89. The number of primary sulfonamides is 1. The standard InChI is InChI=1S/C21H28N2O5S/c1-3-5-12-23(13-6-4-2)18-14-16(21(24)25)15-19(29(22,26)27)20(18)28-17-10-8-7-9-11-17/h7-11,14-15H,3-6,12-13H2,1-2H3,(H,24,25)(H2,22,26,27)/i3D2,4D2,5D2,6D2,12D2,13D2. The number of carboxylic acids is 1. The summed E-state index contributed by atoms with van der Waals surface area (Å²) in [5, 5.41) is 15.0. The van der Waals surface area contributed by atoms with Crippen LogP contribution in [0.25, 0.3) is 0 Å². The maximum Gasteiger partial charge on any atom is 0.335 e. The van der Waals surface area contributed by atoms with Crippen molar-refractivity contribution in [1.29, 1.82) is 0 Å². The minimum absolute atomic E-state index is 0.175. The van der Waals surface area contributed by atoms with Gasteiger partial charge in [0, 0.05) is 29.4 Å². The molecule has 2 aromatic carbocycles. The number of sulfonamides is 1. The highest BCUT2D eigenvalue weighted by Crippen LogP contribution is 2.39. The molecule has 2 aromatic rings. The molecule has 0 aromatic heterocycles. The van der Waals surface area contributed by atoms with Crippen LogP contribution < -0.4 is 14.8 Å². The number of benzene rings is 2. The fourth-order valence-electron chi connectivity index (χ4n) is 2.17. The molecule has 0 atom stereocenters. The lowest BCUT2D eigenvalue weighted by Gasteiger charge is -2.28. The maximum absolute atomic E-state index is 12.6. The fourth-order valence-corrected chi connectivity index (χ4v) is 2.87. The fraction of sp³-hybridized carbons (Fsp3) is 0.381. The third-order valence-electron chi connectivity index (χ3n) is 3.38. The van der Waals surface area contributed by atoms with Gasteiger partial charge >= 0.3 is 5.97 Å². The molecule has 29 heavy (non-hydrogen) atoms. The van der Waals surface area contributed by atoms with E-state index in [2.05, 4.69) is 0 Å². The first-order valence-corrected chi connectivity index (χ1v) is 9.64. The van der Waals surface area contributed by atoms with Crippen molar-refractivity contribution in [2.24, 2.45) is 5.14 Å². The van der Waals surface area contributed by atoms with E-state index in [4.69, 9.17) is 26.3 Å². The van der Waals surface area contributed by atoms with Crippen molar-refractivity contribution >= 4 is 21.7 Å². The molecule has 0 bridgehead atoms. The highest BCUT2D eigenvalue weighted by atomic mass is 32.2. The van der Waals surface area contributed by atoms with E-state index in [0.717, 1.165) is 0 Å². The zero-order chi connectivity index (χ0) is 32.2. The molecule has 0 radical (unpaired) electrons. The number of carboxylic acid groups (broad SMARTS) is 1. The molecule has 0 spiro atoms. The third kappa shape index (κ3) is 6.20. The second-order valence-corrected chi connectivity index (χ2v) is 6.93. The van der Waals surface area contributed by atoms with Crippen LogP contribution >= 0.6 is 0 Å². The topological polar surface area (TPSA) is 110 Å². The van der Waals surface area contributed by atoms with E-state index < -0.39 is 76.4 Å². The Morgan fingerprint density at radius 3 is 2.21 bits per heavy atom. The Hall–Kier alpha value is -2.58. The summed E-state index contributed by atoms with van der Waals surface area (Å²) in [4.78, 5) is 10.5. The average molecular weight is 433 g/mol. The molecule has 0 saturated heterocycles. The van der Waals surface area contributed by atoms with Gasteiger partial charge in [0.05, 0.1) is 11.3 Å². The van der Waals surface area contributed by atoms with Gasteiger partial charge in [-0.05, 0) is 37.0 Å². The first-order chi connectivity index (χ1) is 18.1. The molecule has 7 nitrogen and oxygen atoms in total. The Kier molecular flexibility index (Phi) is 3.89. The van der Waals surface area contributed by atoms with Gasteiger partial charge < -0.3 is 14.7 Å². The lowest BCUT2D eigenvalue weighted by molar-refractivity contribution is 0.0696. The van der Waals surface area contributed by atoms with Gasteiger partial charge in [-0.25, -0.2) is 18.4 Å². The molecule has 0 aliphatic carbocycles. The number of rotatable bonds is 11. The van der Waals surface area contributed by atoms with Crippen LogP contribution in [0.3, 0.4) is 0 Å². The highest BCUT2D eigenvalue weighted by Gasteiger charge is 2.26. The summed E-state index contributed by atoms with van der Waals surface area (Å²) in [5.74, 6) is -3.08. The van der Waals surface area contributed by atoms with Gasteiger partial charge in [0.1, 0.15) is 10.6 Å². The smallest absolute Gasteiger partial charge is 0.335 e. The van der Waals surface area contributed by atoms with Crippen molar-refractivity contribution in [3.05, 3.63) is 48.0 Å². The Labute approximate surface area is 189 Å². The second kappa shape index (κ2) is 10.3. The van der Waals surface area contributed by atoms with E-state index in [1.54, 1.807) is 0 Å². The average Bonchev–Trinajstić information content (AvgIpc) is 2.77. The van der Waals surface area contributed by atoms with Crippen molar-refractivity contribution in [2.45, 2.75) is 44.2 Å². The van der Waals surface area contributed by atoms with Crippen LogP contribution in [0.5, 0.6) is 11.5 Å². The summed E-state index contributed by atoms with van der Waals surface area (Å²) < 4.78 is 130. The van der Waals surface area contributed by atoms with E-state index in [0.29, 0.717) is 26.0 Å². The molecule has 0 aliphatic rings. The number of carbonyl (C=O) groups is 1. The summed E-state index contributed by atoms with van der Waals surface area (Å²) in [7, 11) is -4.98. The van der Waals surface area contributed by atoms with E-state index in [1.165, 1.54) is 30.3 Å².